The van der Waals surface area contributed by atoms with Crippen molar-refractivity contribution in [1.29, 1.82) is 0 Å². The highest BCUT2D eigenvalue weighted by Crippen LogP contribution is 2.32. The number of benzene rings is 1. The third-order valence-corrected chi connectivity index (χ3v) is 3.96. The molecule has 0 aromatic heterocycles. The molecule has 2 rings (SSSR count). The van der Waals surface area contributed by atoms with E-state index in [1.54, 1.807) is 0 Å². The Balaban J connectivity index is 2.05. The van der Waals surface area contributed by atoms with E-state index in [1.165, 1.54) is 12.8 Å². The van der Waals surface area contributed by atoms with Crippen LogP contribution in [-0.4, -0.2) is 6.10 Å². The maximum atomic E-state index is 6.25. The molecule has 3 atom stereocenters. The molecule has 0 amide bonds. The fraction of sp³-hybridized carbons (Fsp3) is 0.600. The zero-order valence-electron chi connectivity index (χ0n) is 11.2. The summed E-state index contributed by atoms with van der Waals surface area (Å²) < 4.78 is 6.02. The molecule has 2 unspecified atom stereocenters. The molecule has 18 heavy (non-hydrogen) atoms. The summed E-state index contributed by atoms with van der Waals surface area (Å²) in [6.45, 7) is 4.24. The summed E-state index contributed by atoms with van der Waals surface area (Å²) in [4.78, 5) is 0. The molecule has 0 saturated heterocycles. The predicted octanol–water partition coefficient (Wildman–Crippen LogP) is 4.32. The molecule has 2 N–H and O–H groups in total. The van der Waals surface area contributed by atoms with Gasteiger partial charge in [0.2, 0.25) is 0 Å². The number of ether oxygens (including phenoxy) is 1. The van der Waals surface area contributed by atoms with E-state index in [4.69, 9.17) is 22.1 Å². The number of rotatable bonds is 3. The van der Waals surface area contributed by atoms with Gasteiger partial charge in [0.15, 0.2) is 0 Å². The average Bonchev–Trinajstić information content (AvgIpc) is 2.31. The molecule has 3 heteroatoms. The van der Waals surface area contributed by atoms with Crippen LogP contribution in [0.5, 0.6) is 5.75 Å². The molecule has 1 saturated carbocycles. The van der Waals surface area contributed by atoms with Crippen molar-refractivity contribution in [1.82, 2.24) is 0 Å². The van der Waals surface area contributed by atoms with E-state index in [9.17, 15) is 0 Å². The fourth-order valence-corrected chi connectivity index (χ4v) is 2.79. The third kappa shape index (κ3) is 3.39. The first kappa shape index (κ1) is 13.7. The van der Waals surface area contributed by atoms with Crippen LogP contribution in [0.2, 0.25) is 5.02 Å². The van der Waals surface area contributed by atoms with Gasteiger partial charge in [0.05, 0.1) is 11.1 Å². The SMILES string of the molecule is CC1CCCC(Oc2ccc([C@H](C)N)cc2Cl)C1. The zero-order valence-corrected chi connectivity index (χ0v) is 11.9. The highest BCUT2D eigenvalue weighted by atomic mass is 35.5. The standard InChI is InChI=1S/C15H22ClNO/c1-10-4-3-5-13(8-10)18-15-7-6-12(11(2)17)9-14(15)16/h6-7,9-11,13H,3-5,8,17H2,1-2H3/t10?,11-,13?/m0/s1. The highest BCUT2D eigenvalue weighted by molar-refractivity contribution is 6.32. The Hall–Kier alpha value is -0.730. The molecule has 0 heterocycles. The smallest absolute Gasteiger partial charge is 0.138 e. The van der Waals surface area contributed by atoms with Gasteiger partial charge in [-0.2, -0.15) is 0 Å². The van der Waals surface area contributed by atoms with Crippen molar-refractivity contribution in [3.8, 4) is 5.75 Å². The van der Waals surface area contributed by atoms with E-state index in [-0.39, 0.29) is 6.04 Å². The van der Waals surface area contributed by atoms with Crippen LogP contribution >= 0.6 is 11.6 Å². The molecule has 0 bridgehead atoms. The van der Waals surface area contributed by atoms with Gasteiger partial charge in [0, 0.05) is 6.04 Å². The minimum absolute atomic E-state index is 0.00579. The van der Waals surface area contributed by atoms with E-state index in [0.717, 1.165) is 30.1 Å². The van der Waals surface area contributed by atoms with Crippen LogP contribution in [0.25, 0.3) is 0 Å². The Morgan fingerprint density at radius 3 is 2.78 bits per heavy atom. The van der Waals surface area contributed by atoms with Gasteiger partial charge in [-0.3, -0.25) is 0 Å². The molecular formula is C15H22ClNO. The lowest BCUT2D eigenvalue weighted by Crippen LogP contribution is -2.24. The van der Waals surface area contributed by atoms with Crippen molar-refractivity contribution in [2.75, 3.05) is 0 Å². The van der Waals surface area contributed by atoms with Crippen molar-refractivity contribution in [3.05, 3.63) is 28.8 Å². The Morgan fingerprint density at radius 1 is 1.39 bits per heavy atom. The molecule has 1 fully saturated rings. The highest BCUT2D eigenvalue weighted by Gasteiger charge is 2.21. The minimum atomic E-state index is 0.00579. The fourth-order valence-electron chi connectivity index (χ4n) is 2.56. The molecule has 1 aromatic carbocycles. The van der Waals surface area contributed by atoms with Crippen molar-refractivity contribution in [2.45, 2.75) is 51.7 Å². The van der Waals surface area contributed by atoms with Gasteiger partial charge in [-0.25, -0.2) is 0 Å². The Labute approximate surface area is 114 Å². The predicted molar refractivity (Wildman–Crippen MR) is 76.1 cm³/mol. The Morgan fingerprint density at radius 2 is 2.17 bits per heavy atom. The largest absolute Gasteiger partial charge is 0.489 e. The third-order valence-electron chi connectivity index (χ3n) is 3.66. The van der Waals surface area contributed by atoms with Gasteiger partial charge >= 0.3 is 0 Å². The van der Waals surface area contributed by atoms with E-state index >= 15 is 0 Å². The van der Waals surface area contributed by atoms with Crippen LogP contribution in [0.15, 0.2) is 18.2 Å². The first-order valence-corrected chi connectivity index (χ1v) is 7.15. The second kappa shape index (κ2) is 5.94. The van der Waals surface area contributed by atoms with Crippen LogP contribution in [0.1, 0.15) is 51.1 Å². The second-order valence-electron chi connectivity index (χ2n) is 5.49. The summed E-state index contributed by atoms with van der Waals surface area (Å²) in [5, 5.41) is 0.669. The Kier molecular flexibility index (Phi) is 4.52. The number of hydrogen-bond donors (Lipinski definition) is 1. The van der Waals surface area contributed by atoms with Crippen LogP contribution in [0, 0.1) is 5.92 Å². The summed E-state index contributed by atoms with van der Waals surface area (Å²) in [5.74, 6) is 1.55. The van der Waals surface area contributed by atoms with Crippen molar-refractivity contribution < 1.29 is 4.74 Å². The van der Waals surface area contributed by atoms with Gasteiger partial charge < -0.3 is 10.5 Å². The lowest BCUT2D eigenvalue weighted by Gasteiger charge is -2.27. The molecule has 1 aliphatic rings. The first-order chi connectivity index (χ1) is 8.56. The maximum Gasteiger partial charge on any atom is 0.138 e. The van der Waals surface area contributed by atoms with E-state index < -0.39 is 0 Å². The minimum Gasteiger partial charge on any atom is -0.489 e. The van der Waals surface area contributed by atoms with E-state index in [1.807, 2.05) is 25.1 Å². The molecular weight excluding hydrogens is 246 g/mol. The Bertz CT molecular complexity index is 405. The summed E-state index contributed by atoms with van der Waals surface area (Å²) in [6, 6.07) is 5.86. The first-order valence-electron chi connectivity index (χ1n) is 6.78. The van der Waals surface area contributed by atoms with Gasteiger partial charge in [-0.1, -0.05) is 31.0 Å². The van der Waals surface area contributed by atoms with Gasteiger partial charge in [0.1, 0.15) is 5.75 Å². The molecule has 0 spiro atoms. The van der Waals surface area contributed by atoms with Gasteiger partial charge in [0.25, 0.3) is 0 Å². The average molecular weight is 268 g/mol. The van der Waals surface area contributed by atoms with Crippen molar-refractivity contribution in [2.24, 2.45) is 11.7 Å². The summed E-state index contributed by atoms with van der Waals surface area (Å²) in [5.41, 5.74) is 6.88. The van der Waals surface area contributed by atoms with E-state index in [2.05, 4.69) is 6.92 Å². The van der Waals surface area contributed by atoms with Crippen LogP contribution in [0.3, 0.4) is 0 Å². The van der Waals surface area contributed by atoms with E-state index in [0.29, 0.717) is 11.1 Å². The summed E-state index contributed by atoms with van der Waals surface area (Å²) in [7, 11) is 0. The second-order valence-corrected chi connectivity index (χ2v) is 5.90. The molecule has 0 radical (unpaired) electrons. The van der Waals surface area contributed by atoms with Gasteiger partial charge in [-0.05, 0) is 49.8 Å². The lowest BCUT2D eigenvalue weighted by atomic mass is 9.89. The number of halogens is 1. The maximum absolute atomic E-state index is 6.25. The summed E-state index contributed by atoms with van der Waals surface area (Å²) in [6.07, 6.45) is 5.15. The van der Waals surface area contributed by atoms with Crippen LogP contribution in [-0.2, 0) is 0 Å². The molecule has 0 aliphatic heterocycles. The number of hydrogen-bond acceptors (Lipinski definition) is 2. The van der Waals surface area contributed by atoms with Crippen LogP contribution in [0.4, 0.5) is 0 Å². The molecule has 1 aliphatic carbocycles. The molecule has 100 valence electrons. The van der Waals surface area contributed by atoms with Crippen LogP contribution < -0.4 is 10.5 Å². The van der Waals surface area contributed by atoms with Crippen molar-refractivity contribution >= 4 is 11.6 Å². The monoisotopic (exact) mass is 267 g/mol. The normalized spacial score (nSPS) is 25.8. The van der Waals surface area contributed by atoms with Gasteiger partial charge in [-0.15, -0.1) is 0 Å². The van der Waals surface area contributed by atoms with Crippen molar-refractivity contribution in [3.63, 3.8) is 0 Å². The lowest BCUT2D eigenvalue weighted by molar-refractivity contribution is 0.129. The number of nitrogens with two attached hydrogens (primary N) is 1. The summed E-state index contributed by atoms with van der Waals surface area (Å²) >= 11 is 6.25. The topological polar surface area (TPSA) is 35.2 Å². The molecule has 1 aromatic rings. The molecule has 2 nitrogen and oxygen atoms in total. The zero-order chi connectivity index (χ0) is 13.1. The quantitative estimate of drug-likeness (QED) is 0.885.